The smallest absolute Gasteiger partial charge is 0.265 e. The van der Waals surface area contributed by atoms with Crippen LogP contribution in [-0.2, 0) is 6.61 Å². The van der Waals surface area contributed by atoms with E-state index in [9.17, 15) is 4.79 Å². The molecule has 142 valence electrons. The molecule has 3 aromatic rings. The number of hydrogen-bond donors (Lipinski definition) is 1. The highest BCUT2D eigenvalue weighted by molar-refractivity contribution is 7.98. The van der Waals surface area contributed by atoms with Crippen LogP contribution in [0.2, 0.25) is 0 Å². The maximum absolute atomic E-state index is 13.0. The second-order valence-electron chi connectivity index (χ2n) is 6.40. The molecule has 2 aromatic carbocycles. The number of thiophene rings is 1. The largest absolute Gasteiger partial charge is 0.488 e. The molecule has 0 radical (unpaired) electrons. The van der Waals surface area contributed by atoms with Crippen LogP contribution in [0.25, 0.3) is 10.4 Å². The fraction of sp³-hybridized carbons (Fsp3) is 0.190. The molecule has 3 heterocycles. The van der Waals surface area contributed by atoms with Crippen LogP contribution in [0.4, 0.5) is 5.69 Å². The highest BCUT2D eigenvalue weighted by Crippen LogP contribution is 2.43. The first-order valence-corrected chi connectivity index (χ1v) is 10.9. The van der Waals surface area contributed by atoms with Crippen molar-refractivity contribution in [1.29, 1.82) is 0 Å². The number of amides is 1. The van der Waals surface area contributed by atoms with Crippen LogP contribution in [0.3, 0.4) is 0 Å². The molecular weight excluding hydrogens is 394 g/mol. The van der Waals surface area contributed by atoms with E-state index in [0.717, 1.165) is 32.3 Å². The summed E-state index contributed by atoms with van der Waals surface area (Å²) in [5.41, 5.74) is 2.81. The summed E-state index contributed by atoms with van der Waals surface area (Å²) in [6.45, 7) is 1.53. The first-order valence-electron chi connectivity index (χ1n) is 8.87. The van der Waals surface area contributed by atoms with Gasteiger partial charge in [-0.15, -0.1) is 23.1 Å². The van der Waals surface area contributed by atoms with Gasteiger partial charge in [-0.25, -0.2) is 0 Å². The lowest BCUT2D eigenvalue weighted by molar-refractivity contribution is 0.103. The topological polar surface area (TPSA) is 56.8 Å². The van der Waals surface area contributed by atoms with Crippen LogP contribution in [0.5, 0.6) is 17.2 Å². The number of hydrogen-bond acceptors (Lipinski definition) is 6. The average molecular weight is 412 g/mol. The van der Waals surface area contributed by atoms with Gasteiger partial charge < -0.3 is 19.5 Å². The van der Waals surface area contributed by atoms with E-state index >= 15 is 0 Å². The first kappa shape index (κ1) is 17.5. The van der Waals surface area contributed by atoms with Crippen molar-refractivity contribution in [3.8, 4) is 27.7 Å². The molecule has 5 nitrogen and oxygen atoms in total. The molecule has 5 rings (SSSR count). The molecule has 1 N–H and O–H groups in total. The van der Waals surface area contributed by atoms with E-state index in [-0.39, 0.29) is 5.91 Å². The molecular formula is C21H17NO4S2. The number of thioether (sulfide) groups is 1. The summed E-state index contributed by atoms with van der Waals surface area (Å²) in [5, 5.41) is 3.04. The van der Waals surface area contributed by atoms with Gasteiger partial charge in [-0.2, -0.15) is 0 Å². The molecule has 7 heteroatoms. The molecule has 2 aliphatic rings. The van der Waals surface area contributed by atoms with E-state index in [1.165, 1.54) is 11.3 Å². The Hall–Kier alpha value is -2.64. The highest BCUT2D eigenvalue weighted by atomic mass is 32.2. The predicted octanol–water partition coefficient (Wildman–Crippen LogP) is 5.05. The fourth-order valence-corrected chi connectivity index (χ4v) is 4.98. The number of rotatable bonds is 3. The minimum atomic E-state index is -0.135. The number of para-hydroxylation sites is 1. The summed E-state index contributed by atoms with van der Waals surface area (Å²) in [6.07, 6.45) is 1.97. The van der Waals surface area contributed by atoms with E-state index < -0.39 is 0 Å². The second kappa shape index (κ2) is 7.07. The molecule has 0 bridgehead atoms. The maximum atomic E-state index is 13.0. The maximum Gasteiger partial charge on any atom is 0.265 e. The van der Waals surface area contributed by atoms with Gasteiger partial charge in [0.05, 0.1) is 10.6 Å². The van der Waals surface area contributed by atoms with Gasteiger partial charge in [0, 0.05) is 27.0 Å². The average Bonchev–Trinajstić information content (AvgIpc) is 3.18. The van der Waals surface area contributed by atoms with Crippen molar-refractivity contribution in [2.45, 2.75) is 11.5 Å². The molecule has 0 fully saturated rings. The van der Waals surface area contributed by atoms with Crippen LogP contribution >= 0.6 is 23.1 Å². The lowest BCUT2D eigenvalue weighted by Gasteiger charge is -2.20. The number of carbonyl (C=O) groups excluding carboxylic acids is 1. The van der Waals surface area contributed by atoms with Gasteiger partial charge in [-0.05, 0) is 30.5 Å². The molecule has 0 aliphatic carbocycles. The summed E-state index contributed by atoms with van der Waals surface area (Å²) in [7, 11) is 0. The third-order valence-corrected chi connectivity index (χ3v) is 6.65. The summed E-state index contributed by atoms with van der Waals surface area (Å²) < 4.78 is 17.1. The summed E-state index contributed by atoms with van der Waals surface area (Å²) >= 11 is 3.05. The Kier molecular flexibility index (Phi) is 4.41. The lowest BCUT2D eigenvalue weighted by Crippen LogP contribution is -2.16. The van der Waals surface area contributed by atoms with Gasteiger partial charge >= 0.3 is 0 Å². The molecule has 0 atom stereocenters. The summed E-state index contributed by atoms with van der Waals surface area (Å²) in [6, 6.07) is 13.6. The van der Waals surface area contributed by atoms with E-state index in [4.69, 9.17) is 14.2 Å². The van der Waals surface area contributed by atoms with Crippen molar-refractivity contribution in [3.63, 3.8) is 0 Å². The lowest BCUT2D eigenvalue weighted by atomic mass is 10.1. The van der Waals surface area contributed by atoms with E-state index in [0.29, 0.717) is 36.2 Å². The Bertz CT molecular complexity index is 1080. The quantitative estimate of drug-likeness (QED) is 0.611. The molecule has 1 amide bonds. The molecule has 0 saturated carbocycles. The van der Waals surface area contributed by atoms with Crippen LogP contribution in [0.15, 0.2) is 47.4 Å². The number of fused-ring (bicyclic) bond motifs is 4. The molecule has 0 spiro atoms. The van der Waals surface area contributed by atoms with Gasteiger partial charge in [-0.3, -0.25) is 4.79 Å². The number of nitrogens with one attached hydrogen (secondary N) is 1. The van der Waals surface area contributed by atoms with Crippen LogP contribution in [0.1, 0.15) is 15.2 Å². The Morgan fingerprint density at radius 1 is 1.04 bits per heavy atom. The van der Waals surface area contributed by atoms with Crippen molar-refractivity contribution in [3.05, 3.63) is 52.9 Å². The van der Waals surface area contributed by atoms with Gasteiger partial charge in [0.2, 0.25) is 0 Å². The minimum absolute atomic E-state index is 0.135. The summed E-state index contributed by atoms with van der Waals surface area (Å²) in [5.74, 6) is 2.10. The zero-order valence-corrected chi connectivity index (χ0v) is 16.7. The van der Waals surface area contributed by atoms with E-state index in [2.05, 4.69) is 5.32 Å². The Morgan fingerprint density at radius 3 is 2.64 bits per heavy atom. The van der Waals surface area contributed by atoms with Crippen LogP contribution in [-0.4, -0.2) is 25.4 Å². The number of carbonyl (C=O) groups is 1. The zero-order valence-electron chi connectivity index (χ0n) is 15.1. The molecule has 0 saturated heterocycles. The second-order valence-corrected chi connectivity index (χ2v) is 8.30. The third-order valence-electron chi connectivity index (χ3n) is 4.66. The number of anilines is 1. The van der Waals surface area contributed by atoms with Crippen molar-refractivity contribution in [2.24, 2.45) is 0 Å². The van der Waals surface area contributed by atoms with Crippen molar-refractivity contribution < 1.29 is 19.0 Å². The van der Waals surface area contributed by atoms with Crippen molar-refractivity contribution >= 4 is 34.7 Å². The highest BCUT2D eigenvalue weighted by Gasteiger charge is 2.23. The van der Waals surface area contributed by atoms with Crippen molar-refractivity contribution in [1.82, 2.24) is 0 Å². The molecule has 1 aromatic heterocycles. The minimum Gasteiger partial charge on any atom is -0.488 e. The number of benzene rings is 2. The molecule has 2 aliphatic heterocycles. The zero-order chi connectivity index (χ0) is 19.1. The Morgan fingerprint density at radius 2 is 1.82 bits per heavy atom. The fourth-order valence-electron chi connectivity index (χ4n) is 3.33. The van der Waals surface area contributed by atoms with Crippen LogP contribution in [0, 0.1) is 0 Å². The molecule has 28 heavy (non-hydrogen) atoms. The standard InChI is InChI=1S/C21H17NO4S2/c1-27-18-10-17-16(24-6-7-25-17)9-14(18)22-21(23)19-8-12-11-26-15-5-3-2-4-13(15)20(12)28-19/h2-5,8-10H,6-7,11H2,1H3,(H,22,23). The molecule has 0 unspecified atom stereocenters. The van der Waals surface area contributed by atoms with Gasteiger partial charge in [0.1, 0.15) is 25.6 Å². The van der Waals surface area contributed by atoms with Crippen LogP contribution < -0.4 is 19.5 Å². The van der Waals surface area contributed by atoms with E-state index in [1.54, 1.807) is 11.8 Å². The van der Waals surface area contributed by atoms with Crippen molar-refractivity contribution in [2.75, 3.05) is 24.8 Å². The monoisotopic (exact) mass is 411 g/mol. The third kappa shape index (κ3) is 3.00. The van der Waals surface area contributed by atoms with Gasteiger partial charge in [0.15, 0.2) is 11.5 Å². The Labute approximate surface area is 170 Å². The predicted molar refractivity (Wildman–Crippen MR) is 111 cm³/mol. The summed E-state index contributed by atoms with van der Waals surface area (Å²) in [4.78, 5) is 15.7. The Balaban J connectivity index is 1.45. The first-order chi connectivity index (χ1) is 13.7. The SMILES string of the molecule is CSc1cc2c(cc1NC(=O)c1cc3c(s1)-c1ccccc1OC3)OCCO2. The van der Waals surface area contributed by atoms with Gasteiger partial charge in [0.25, 0.3) is 5.91 Å². The number of ether oxygens (including phenoxy) is 3. The normalized spacial score (nSPS) is 13.9. The van der Waals surface area contributed by atoms with E-state index in [1.807, 2.05) is 48.7 Å². The van der Waals surface area contributed by atoms with Gasteiger partial charge in [-0.1, -0.05) is 12.1 Å².